The highest BCUT2D eigenvalue weighted by atomic mass is 19.1. The normalized spacial score (nSPS) is 10.3. The van der Waals surface area contributed by atoms with Gasteiger partial charge in [-0.05, 0) is 24.3 Å². The molecule has 0 saturated heterocycles. The molecule has 0 aliphatic carbocycles. The molecule has 3 nitrogen and oxygen atoms in total. The van der Waals surface area contributed by atoms with Crippen LogP contribution in [0.2, 0.25) is 0 Å². The van der Waals surface area contributed by atoms with Crippen LogP contribution in [0.15, 0.2) is 36.5 Å². The average Bonchev–Trinajstić information content (AvgIpc) is 2.72. The number of nitrogens with one attached hydrogen (secondary N) is 1. The molecule has 1 N–H and O–H groups in total. The molecule has 0 aliphatic rings. The molecule has 2 aromatic rings. The van der Waals surface area contributed by atoms with Crippen LogP contribution in [0.3, 0.4) is 0 Å². The van der Waals surface area contributed by atoms with Gasteiger partial charge >= 0.3 is 0 Å². The quantitative estimate of drug-likeness (QED) is 0.880. The van der Waals surface area contributed by atoms with Gasteiger partial charge < -0.3 is 14.6 Å². The Kier molecular flexibility index (Phi) is 3.32. The Balaban J connectivity index is 2.05. The molecule has 90 valence electrons. The second kappa shape index (κ2) is 4.91. The van der Waals surface area contributed by atoms with Crippen LogP contribution in [-0.2, 0) is 13.6 Å². The Morgan fingerprint density at radius 3 is 2.76 bits per heavy atom. The number of nitrogens with zero attached hydrogens (tertiary/aromatic N) is 1. The summed E-state index contributed by atoms with van der Waals surface area (Å²) in [6.45, 7) is 0.662. The summed E-state index contributed by atoms with van der Waals surface area (Å²) in [6.07, 6.45) is 1.98. The van der Waals surface area contributed by atoms with Gasteiger partial charge in [0, 0.05) is 30.7 Å². The first kappa shape index (κ1) is 11.5. The molecule has 0 saturated carbocycles. The van der Waals surface area contributed by atoms with Crippen molar-refractivity contribution < 1.29 is 9.13 Å². The van der Waals surface area contributed by atoms with Gasteiger partial charge in [0.25, 0.3) is 0 Å². The zero-order chi connectivity index (χ0) is 12.3. The van der Waals surface area contributed by atoms with Gasteiger partial charge in [-0.15, -0.1) is 0 Å². The minimum Gasteiger partial charge on any atom is -0.494 e. The maximum atomic E-state index is 13.4. The van der Waals surface area contributed by atoms with Crippen LogP contribution in [0.1, 0.15) is 5.69 Å². The molecule has 4 heteroatoms. The highest BCUT2D eigenvalue weighted by Gasteiger charge is 2.03. The molecule has 0 aliphatic heterocycles. The number of anilines is 1. The molecule has 0 radical (unpaired) electrons. The standard InChI is InChI=1S/C13H15FN2O/c1-16-7-3-4-11(16)9-15-10-5-6-13(17-2)12(14)8-10/h3-8,15H,9H2,1-2H3. The van der Waals surface area contributed by atoms with E-state index in [1.54, 1.807) is 12.1 Å². The van der Waals surface area contributed by atoms with Crippen molar-refractivity contribution in [3.63, 3.8) is 0 Å². The fraction of sp³-hybridized carbons (Fsp3) is 0.231. The van der Waals surface area contributed by atoms with Crippen molar-refractivity contribution in [2.24, 2.45) is 7.05 Å². The number of aromatic nitrogens is 1. The lowest BCUT2D eigenvalue weighted by molar-refractivity contribution is 0.386. The highest BCUT2D eigenvalue weighted by Crippen LogP contribution is 2.20. The molecule has 0 bridgehead atoms. The van der Waals surface area contributed by atoms with E-state index in [0.717, 1.165) is 11.4 Å². The number of hydrogen-bond donors (Lipinski definition) is 1. The largest absolute Gasteiger partial charge is 0.494 e. The Morgan fingerprint density at radius 1 is 1.35 bits per heavy atom. The Morgan fingerprint density at radius 2 is 2.18 bits per heavy atom. The van der Waals surface area contributed by atoms with Crippen molar-refractivity contribution in [3.8, 4) is 5.75 Å². The topological polar surface area (TPSA) is 26.2 Å². The Bertz CT molecular complexity index is 508. The van der Waals surface area contributed by atoms with Crippen LogP contribution in [-0.4, -0.2) is 11.7 Å². The number of benzene rings is 1. The van der Waals surface area contributed by atoms with Gasteiger partial charge in [0.2, 0.25) is 0 Å². The fourth-order valence-electron chi connectivity index (χ4n) is 1.65. The molecule has 0 fully saturated rings. The van der Waals surface area contributed by atoms with E-state index >= 15 is 0 Å². The van der Waals surface area contributed by atoms with E-state index in [-0.39, 0.29) is 11.6 Å². The molecular weight excluding hydrogens is 219 g/mol. The van der Waals surface area contributed by atoms with Gasteiger partial charge in [0.15, 0.2) is 11.6 Å². The molecule has 1 aromatic heterocycles. The third kappa shape index (κ3) is 2.58. The summed E-state index contributed by atoms with van der Waals surface area (Å²) in [7, 11) is 3.43. The third-order valence-electron chi connectivity index (χ3n) is 2.68. The van der Waals surface area contributed by atoms with E-state index in [1.165, 1.54) is 13.2 Å². The lowest BCUT2D eigenvalue weighted by Crippen LogP contribution is -2.04. The minimum absolute atomic E-state index is 0.259. The van der Waals surface area contributed by atoms with Crippen LogP contribution in [0, 0.1) is 5.82 Å². The van der Waals surface area contributed by atoms with Gasteiger partial charge in [0.1, 0.15) is 0 Å². The zero-order valence-corrected chi connectivity index (χ0v) is 9.90. The van der Waals surface area contributed by atoms with Gasteiger partial charge in [-0.25, -0.2) is 4.39 Å². The van der Waals surface area contributed by atoms with Crippen molar-refractivity contribution in [1.29, 1.82) is 0 Å². The summed E-state index contributed by atoms with van der Waals surface area (Å²) in [5.41, 5.74) is 1.88. The molecule has 0 atom stereocenters. The molecule has 17 heavy (non-hydrogen) atoms. The zero-order valence-electron chi connectivity index (χ0n) is 9.90. The number of ether oxygens (including phenoxy) is 1. The van der Waals surface area contributed by atoms with Crippen molar-refractivity contribution in [2.75, 3.05) is 12.4 Å². The Hall–Kier alpha value is -1.97. The molecule has 1 aromatic carbocycles. The smallest absolute Gasteiger partial charge is 0.167 e. The first-order valence-electron chi connectivity index (χ1n) is 5.38. The van der Waals surface area contributed by atoms with Gasteiger partial charge in [-0.2, -0.15) is 0 Å². The average molecular weight is 234 g/mol. The summed E-state index contributed by atoms with van der Waals surface area (Å²) in [4.78, 5) is 0. The summed E-state index contributed by atoms with van der Waals surface area (Å²) >= 11 is 0. The maximum Gasteiger partial charge on any atom is 0.167 e. The van der Waals surface area contributed by atoms with Crippen molar-refractivity contribution in [3.05, 3.63) is 48.0 Å². The van der Waals surface area contributed by atoms with E-state index in [0.29, 0.717) is 6.54 Å². The maximum absolute atomic E-state index is 13.4. The minimum atomic E-state index is -0.357. The second-order valence-corrected chi connectivity index (χ2v) is 3.81. The van der Waals surface area contributed by atoms with Crippen LogP contribution in [0.25, 0.3) is 0 Å². The molecular formula is C13H15FN2O. The fourth-order valence-corrected chi connectivity index (χ4v) is 1.65. The van der Waals surface area contributed by atoms with Crippen LogP contribution >= 0.6 is 0 Å². The predicted octanol–water partition coefficient (Wildman–Crippen LogP) is 2.78. The van der Waals surface area contributed by atoms with Crippen molar-refractivity contribution >= 4 is 5.69 Å². The number of methoxy groups -OCH3 is 1. The van der Waals surface area contributed by atoms with Crippen LogP contribution in [0.4, 0.5) is 10.1 Å². The first-order chi connectivity index (χ1) is 8.20. The molecule has 1 heterocycles. The summed E-state index contributed by atoms with van der Waals surface area (Å²) in [5, 5.41) is 3.16. The molecule has 0 spiro atoms. The predicted molar refractivity (Wildman–Crippen MR) is 65.7 cm³/mol. The molecule has 0 amide bonds. The first-order valence-corrected chi connectivity index (χ1v) is 5.38. The van der Waals surface area contributed by atoms with Crippen molar-refractivity contribution in [1.82, 2.24) is 4.57 Å². The SMILES string of the molecule is COc1ccc(NCc2cccn2C)cc1F. The second-order valence-electron chi connectivity index (χ2n) is 3.81. The number of halogens is 1. The van der Waals surface area contributed by atoms with Crippen LogP contribution in [0.5, 0.6) is 5.75 Å². The molecule has 2 rings (SSSR count). The Labute approximate surface area is 99.8 Å². The van der Waals surface area contributed by atoms with E-state index < -0.39 is 0 Å². The van der Waals surface area contributed by atoms with E-state index in [4.69, 9.17) is 4.74 Å². The number of hydrogen-bond acceptors (Lipinski definition) is 2. The number of aryl methyl sites for hydroxylation is 1. The molecule has 0 unspecified atom stereocenters. The highest BCUT2D eigenvalue weighted by molar-refractivity contribution is 5.47. The lowest BCUT2D eigenvalue weighted by atomic mass is 10.3. The summed E-state index contributed by atoms with van der Waals surface area (Å²) in [5.74, 6) is -0.0983. The van der Waals surface area contributed by atoms with Gasteiger partial charge in [-0.1, -0.05) is 0 Å². The van der Waals surface area contributed by atoms with Gasteiger partial charge in [0.05, 0.1) is 13.7 Å². The van der Waals surface area contributed by atoms with Crippen molar-refractivity contribution in [2.45, 2.75) is 6.54 Å². The summed E-state index contributed by atoms with van der Waals surface area (Å²) < 4.78 is 20.3. The van der Waals surface area contributed by atoms with E-state index in [1.807, 2.05) is 29.9 Å². The number of rotatable bonds is 4. The van der Waals surface area contributed by atoms with Crippen LogP contribution < -0.4 is 10.1 Å². The monoisotopic (exact) mass is 234 g/mol. The van der Waals surface area contributed by atoms with Gasteiger partial charge in [-0.3, -0.25) is 0 Å². The summed E-state index contributed by atoms with van der Waals surface area (Å²) in [6, 6.07) is 8.84. The van der Waals surface area contributed by atoms with E-state index in [2.05, 4.69) is 5.32 Å². The van der Waals surface area contributed by atoms with E-state index in [9.17, 15) is 4.39 Å². The third-order valence-corrected chi connectivity index (χ3v) is 2.68. The lowest BCUT2D eigenvalue weighted by Gasteiger charge is -2.09.